The average molecular weight is 389 g/mol. The first-order valence-electron chi connectivity index (χ1n) is 9.55. The third-order valence-electron chi connectivity index (χ3n) is 5.52. The molecule has 1 aromatic carbocycles. The Morgan fingerprint density at radius 2 is 2.04 bits per heavy atom. The number of nitrogens with one attached hydrogen (secondary N) is 2. The number of halogens is 1. The van der Waals surface area contributed by atoms with Crippen molar-refractivity contribution in [3.05, 3.63) is 46.2 Å². The lowest BCUT2D eigenvalue weighted by Gasteiger charge is -2.36. The van der Waals surface area contributed by atoms with Crippen molar-refractivity contribution in [1.82, 2.24) is 30.5 Å². The molecule has 2 aliphatic heterocycles. The van der Waals surface area contributed by atoms with Crippen LogP contribution in [0, 0.1) is 6.92 Å². The lowest BCUT2D eigenvalue weighted by Crippen LogP contribution is -2.49. The van der Waals surface area contributed by atoms with Gasteiger partial charge in [0.25, 0.3) is 5.91 Å². The average Bonchev–Trinajstić information content (AvgIpc) is 3.09. The van der Waals surface area contributed by atoms with Gasteiger partial charge in [-0.15, -0.1) is 5.10 Å². The minimum atomic E-state index is -0.0617. The number of benzene rings is 1. The number of carbonyl (C=O) groups excluding carboxylic acids is 1. The van der Waals surface area contributed by atoms with E-state index in [1.807, 2.05) is 40.8 Å². The highest BCUT2D eigenvalue weighted by Crippen LogP contribution is 2.27. The first kappa shape index (κ1) is 18.4. The van der Waals surface area contributed by atoms with Gasteiger partial charge in [0.15, 0.2) is 5.69 Å². The number of piperidine rings is 1. The van der Waals surface area contributed by atoms with Gasteiger partial charge in [-0.2, -0.15) is 0 Å². The van der Waals surface area contributed by atoms with E-state index in [0.717, 1.165) is 43.7 Å². The number of hydrogen-bond donors (Lipinski definition) is 2. The number of piperazine rings is 1. The second kappa shape index (κ2) is 7.96. The molecule has 2 aliphatic rings. The SMILES string of the molecule is Cc1c(C(=O)N2CCNCC2c2cccc(Cl)c2)nnn1C1CCNCC1. The molecule has 2 N–H and O–H groups in total. The van der Waals surface area contributed by atoms with Gasteiger partial charge < -0.3 is 15.5 Å². The van der Waals surface area contributed by atoms with Crippen LogP contribution >= 0.6 is 11.6 Å². The third-order valence-corrected chi connectivity index (χ3v) is 5.76. The summed E-state index contributed by atoms with van der Waals surface area (Å²) in [6.45, 7) is 6.00. The largest absolute Gasteiger partial charge is 0.328 e. The van der Waals surface area contributed by atoms with Crippen molar-refractivity contribution in [2.75, 3.05) is 32.7 Å². The Bertz CT molecular complexity index is 816. The Balaban J connectivity index is 1.60. The fourth-order valence-corrected chi connectivity index (χ4v) is 4.23. The number of hydrogen-bond acceptors (Lipinski definition) is 5. The van der Waals surface area contributed by atoms with E-state index < -0.39 is 0 Å². The summed E-state index contributed by atoms with van der Waals surface area (Å²) in [6.07, 6.45) is 2.02. The maximum Gasteiger partial charge on any atom is 0.276 e. The van der Waals surface area contributed by atoms with E-state index >= 15 is 0 Å². The molecule has 27 heavy (non-hydrogen) atoms. The van der Waals surface area contributed by atoms with E-state index in [2.05, 4.69) is 20.9 Å². The monoisotopic (exact) mass is 388 g/mol. The van der Waals surface area contributed by atoms with Gasteiger partial charge in [0.2, 0.25) is 0 Å². The van der Waals surface area contributed by atoms with Gasteiger partial charge in [0.1, 0.15) is 0 Å². The van der Waals surface area contributed by atoms with Gasteiger partial charge in [-0.1, -0.05) is 28.9 Å². The van der Waals surface area contributed by atoms with Crippen molar-refractivity contribution in [3.63, 3.8) is 0 Å². The second-order valence-electron chi connectivity index (χ2n) is 7.22. The van der Waals surface area contributed by atoms with Crippen LogP contribution in [0.1, 0.15) is 46.7 Å². The summed E-state index contributed by atoms with van der Waals surface area (Å²) in [4.78, 5) is 15.2. The fourth-order valence-electron chi connectivity index (χ4n) is 4.03. The van der Waals surface area contributed by atoms with Crippen molar-refractivity contribution >= 4 is 17.5 Å². The van der Waals surface area contributed by atoms with Gasteiger partial charge in [-0.25, -0.2) is 4.68 Å². The van der Waals surface area contributed by atoms with Crippen LogP contribution in [-0.2, 0) is 0 Å². The Labute approximate surface area is 164 Å². The standard InChI is InChI=1S/C19H25ClN6O/c1-13-18(23-24-26(13)16-5-7-21-8-6-16)19(27)25-10-9-22-12-17(25)14-3-2-4-15(20)11-14/h2-4,11,16-17,21-22H,5-10,12H2,1H3. The molecule has 7 nitrogen and oxygen atoms in total. The van der Waals surface area contributed by atoms with E-state index in [9.17, 15) is 4.79 Å². The molecule has 0 spiro atoms. The van der Waals surface area contributed by atoms with E-state index in [1.165, 1.54) is 0 Å². The maximum atomic E-state index is 13.3. The van der Waals surface area contributed by atoms with Crippen molar-refractivity contribution in [2.24, 2.45) is 0 Å². The highest BCUT2D eigenvalue weighted by Gasteiger charge is 2.32. The Morgan fingerprint density at radius 3 is 2.81 bits per heavy atom. The highest BCUT2D eigenvalue weighted by atomic mass is 35.5. The van der Waals surface area contributed by atoms with Crippen LogP contribution in [0.25, 0.3) is 0 Å². The van der Waals surface area contributed by atoms with Crippen LogP contribution in [-0.4, -0.2) is 58.5 Å². The molecular weight excluding hydrogens is 364 g/mol. The minimum Gasteiger partial charge on any atom is -0.328 e. The third kappa shape index (κ3) is 3.72. The molecule has 0 aliphatic carbocycles. The molecule has 0 bridgehead atoms. The summed E-state index contributed by atoms with van der Waals surface area (Å²) in [5.74, 6) is -0.0563. The molecule has 1 unspecified atom stereocenters. The molecule has 144 valence electrons. The molecule has 1 amide bonds. The van der Waals surface area contributed by atoms with Crippen molar-refractivity contribution in [3.8, 4) is 0 Å². The summed E-state index contributed by atoms with van der Waals surface area (Å²) in [6, 6.07) is 7.97. The lowest BCUT2D eigenvalue weighted by molar-refractivity contribution is 0.0627. The summed E-state index contributed by atoms with van der Waals surface area (Å²) >= 11 is 6.17. The normalized spacial score (nSPS) is 21.4. The zero-order valence-electron chi connectivity index (χ0n) is 15.5. The molecule has 0 saturated carbocycles. The van der Waals surface area contributed by atoms with E-state index in [1.54, 1.807) is 0 Å². The van der Waals surface area contributed by atoms with Crippen LogP contribution in [0.2, 0.25) is 5.02 Å². The quantitative estimate of drug-likeness (QED) is 0.840. The molecule has 0 radical (unpaired) electrons. The Morgan fingerprint density at radius 1 is 1.22 bits per heavy atom. The first-order valence-corrected chi connectivity index (χ1v) is 9.92. The number of carbonyl (C=O) groups is 1. The van der Waals surface area contributed by atoms with Crippen LogP contribution < -0.4 is 10.6 Å². The molecule has 2 fully saturated rings. The van der Waals surface area contributed by atoms with Crippen LogP contribution in [0.4, 0.5) is 0 Å². The zero-order valence-corrected chi connectivity index (χ0v) is 16.2. The topological polar surface area (TPSA) is 75.1 Å². The summed E-state index contributed by atoms with van der Waals surface area (Å²) in [5.41, 5.74) is 2.35. The number of rotatable bonds is 3. The predicted molar refractivity (Wildman–Crippen MR) is 104 cm³/mol. The molecule has 8 heteroatoms. The summed E-state index contributed by atoms with van der Waals surface area (Å²) < 4.78 is 1.94. The van der Waals surface area contributed by atoms with Crippen LogP contribution in [0.5, 0.6) is 0 Å². The van der Waals surface area contributed by atoms with Crippen molar-refractivity contribution in [2.45, 2.75) is 31.8 Å². The van der Waals surface area contributed by atoms with Crippen LogP contribution in [0.15, 0.2) is 24.3 Å². The molecule has 2 aromatic rings. The Kier molecular flexibility index (Phi) is 5.43. The van der Waals surface area contributed by atoms with Crippen molar-refractivity contribution in [1.29, 1.82) is 0 Å². The van der Waals surface area contributed by atoms with Crippen LogP contribution in [0.3, 0.4) is 0 Å². The van der Waals surface area contributed by atoms with E-state index in [-0.39, 0.29) is 11.9 Å². The zero-order chi connectivity index (χ0) is 18.8. The predicted octanol–water partition coefficient (Wildman–Crippen LogP) is 1.95. The lowest BCUT2D eigenvalue weighted by atomic mass is 10.0. The summed E-state index contributed by atoms with van der Waals surface area (Å²) in [5, 5.41) is 16.0. The number of aromatic nitrogens is 3. The number of nitrogens with zero attached hydrogens (tertiary/aromatic N) is 4. The summed E-state index contributed by atoms with van der Waals surface area (Å²) in [7, 11) is 0. The molecule has 3 heterocycles. The van der Waals surface area contributed by atoms with Gasteiger partial charge in [0.05, 0.1) is 17.8 Å². The molecular formula is C19H25ClN6O. The van der Waals surface area contributed by atoms with E-state index in [0.29, 0.717) is 29.8 Å². The van der Waals surface area contributed by atoms with Gasteiger partial charge in [-0.05, 0) is 50.6 Å². The molecule has 1 aromatic heterocycles. The fraction of sp³-hybridized carbons (Fsp3) is 0.526. The first-order chi connectivity index (χ1) is 13.1. The van der Waals surface area contributed by atoms with Gasteiger partial charge in [-0.3, -0.25) is 4.79 Å². The number of amides is 1. The molecule has 2 saturated heterocycles. The highest BCUT2D eigenvalue weighted by molar-refractivity contribution is 6.30. The maximum absolute atomic E-state index is 13.3. The smallest absolute Gasteiger partial charge is 0.276 e. The molecule has 4 rings (SSSR count). The molecule has 1 atom stereocenters. The van der Waals surface area contributed by atoms with Crippen molar-refractivity contribution < 1.29 is 4.79 Å². The van der Waals surface area contributed by atoms with Gasteiger partial charge >= 0.3 is 0 Å². The minimum absolute atomic E-state index is 0.0563. The van der Waals surface area contributed by atoms with E-state index in [4.69, 9.17) is 11.6 Å². The Hall–Kier alpha value is -1.96. The van der Waals surface area contributed by atoms with Gasteiger partial charge in [0, 0.05) is 24.7 Å². The second-order valence-corrected chi connectivity index (χ2v) is 7.66.